The Balaban J connectivity index is 0.000000118. The standard InChI is InChI=1S/2C17H12N4S.C11H7BrN4S/c2*18-16-15-14(12(10-22-15)11-6-2-1-3-7-11)20-17(21-16)13-8-4-5-9-19-13;12-6-5-17-9-8(6)15-11(16-10(9)13)7-3-1-2-4-14-7/h2*1-10H,(H2,18,20,21);1-5H,(H2,13,15,16). The zero-order valence-electron chi connectivity index (χ0n) is 31.8. The first-order valence-electron chi connectivity index (χ1n) is 18.6. The summed E-state index contributed by atoms with van der Waals surface area (Å²) < 4.78 is 3.66. The lowest BCUT2D eigenvalue weighted by Crippen LogP contribution is -1.97. The van der Waals surface area contributed by atoms with Gasteiger partial charge in [-0.3, -0.25) is 15.0 Å². The third kappa shape index (κ3) is 8.37. The number of thiophene rings is 3. The van der Waals surface area contributed by atoms with Crippen molar-refractivity contribution < 1.29 is 0 Å². The van der Waals surface area contributed by atoms with E-state index in [1.165, 1.54) is 11.3 Å². The van der Waals surface area contributed by atoms with Crippen molar-refractivity contribution in [1.82, 2.24) is 44.9 Å². The van der Waals surface area contributed by atoms with Gasteiger partial charge in [0.25, 0.3) is 0 Å². The van der Waals surface area contributed by atoms with E-state index in [1.54, 1.807) is 41.3 Å². The lowest BCUT2D eigenvalue weighted by molar-refractivity contribution is 1.18. The summed E-state index contributed by atoms with van der Waals surface area (Å²) in [5.41, 5.74) is 27.3. The fourth-order valence-corrected chi connectivity index (χ4v) is 9.57. The molecule has 9 heterocycles. The van der Waals surface area contributed by atoms with Crippen LogP contribution < -0.4 is 17.2 Å². The van der Waals surface area contributed by atoms with Gasteiger partial charge >= 0.3 is 0 Å². The van der Waals surface area contributed by atoms with Crippen molar-refractivity contribution in [2.24, 2.45) is 0 Å². The second kappa shape index (κ2) is 17.6. The van der Waals surface area contributed by atoms with Gasteiger partial charge in [0.1, 0.15) is 40.1 Å². The highest BCUT2D eigenvalue weighted by Gasteiger charge is 2.16. The Labute approximate surface area is 369 Å². The summed E-state index contributed by atoms with van der Waals surface area (Å²) in [6, 6.07) is 37.3. The monoisotopic (exact) mass is 914 g/mol. The number of pyridine rings is 3. The maximum atomic E-state index is 6.12. The summed E-state index contributed by atoms with van der Waals surface area (Å²) in [6.07, 6.45) is 5.16. The lowest BCUT2D eigenvalue weighted by Gasteiger charge is -2.04. The van der Waals surface area contributed by atoms with E-state index in [9.17, 15) is 0 Å². The van der Waals surface area contributed by atoms with E-state index in [2.05, 4.69) is 85.8 Å². The summed E-state index contributed by atoms with van der Waals surface area (Å²) in [6.45, 7) is 0. The average Bonchev–Trinajstić information content (AvgIpc) is 4.06. The molecule has 0 atom stereocenters. The Hall–Kier alpha value is -7.11. The van der Waals surface area contributed by atoms with Gasteiger partial charge in [-0.15, -0.1) is 34.0 Å². The summed E-state index contributed by atoms with van der Waals surface area (Å²) >= 11 is 8.12. The predicted molar refractivity (Wildman–Crippen MR) is 254 cm³/mol. The van der Waals surface area contributed by atoms with Gasteiger partial charge in [0.05, 0.1) is 29.6 Å². The Morgan fingerprint density at radius 1 is 0.377 bits per heavy atom. The number of benzene rings is 2. The van der Waals surface area contributed by atoms with Gasteiger partial charge in [0, 0.05) is 45.9 Å². The smallest absolute Gasteiger partial charge is 0.180 e. The van der Waals surface area contributed by atoms with Gasteiger partial charge in [-0.25, -0.2) is 29.9 Å². The van der Waals surface area contributed by atoms with Crippen LogP contribution in [0.25, 0.3) is 87.5 Å². The fraction of sp³-hybridized carbons (Fsp3) is 0. The predicted octanol–water partition coefficient (Wildman–Crippen LogP) is 11.1. The quantitative estimate of drug-likeness (QED) is 0.148. The molecule has 9 aromatic heterocycles. The minimum absolute atomic E-state index is 0.492. The summed E-state index contributed by atoms with van der Waals surface area (Å²) in [4.78, 5) is 39.8. The molecule has 0 radical (unpaired) electrons. The number of halogens is 1. The molecular weight excluding hydrogens is 885 g/mol. The number of nitrogen functional groups attached to an aromatic ring is 3. The molecule has 11 aromatic rings. The first-order chi connectivity index (χ1) is 29.9. The van der Waals surface area contributed by atoms with E-state index < -0.39 is 0 Å². The minimum Gasteiger partial charge on any atom is -0.382 e. The van der Waals surface area contributed by atoms with E-state index in [0.29, 0.717) is 34.9 Å². The van der Waals surface area contributed by atoms with E-state index in [4.69, 9.17) is 27.2 Å². The number of anilines is 3. The van der Waals surface area contributed by atoms with Gasteiger partial charge in [-0.2, -0.15) is 0 Å². The van der Waals surface area contributed by atoms with Crippen molar-refractivity contribution >= 4 is 98.0 Å². The van der Waals surface area contributed by atoms with Crippen molar-refractivity contribution in [2.45, 2.75) is 0 Å². The maximum absolute atomic E-state index is 6.12. The molecule has 0 saturated heterocycles. The van der Waals surface area contributed by atoms with Crippen LogP contribution in [0.3, 0.4) is 0 Å². The van der Waals surface area contributed by atoms with Crippen molar-refractivity contribution in [3.63, 3.8) is 0 Å². The zero-order valence-corrected chi connectivity index (χ0v) is 35.8. The zero-order chi connectivity index (χ0) is 41.7. The molecule has 296 valence electrons. The van der Waals surface area contributed by atoms with Crippen LogP contribution in [0.15, 0.2) is 154 Å². The van der Waals surface area contributed by atoms with Gasteiger partial charge < -0.3 is 17.2 Å². The van der Waals surface area contributed by atoms with E-state index >= 15 is 0 Å². The minimum atomic E-state index is 0.492. The van der Waals surface area contributed by atoms with Crippen LogP contribution in [0.2, 0.25) is 0 Å². The molecule has 12 nitrogen and oxygen atoms in total. The van der Waals surface area contributed by atoms with Crippen LogP contribution in [0, 0.1) is 0 Å². The third-order valence-corrected chi connectivity index (χ3v) is 13.0. The lowest BCUT2D eigenvalue weighted by atomic mass is 10.1. The molecule has 0 saturated carbocycles. The summed E-state index contributed by atoms with van der Waals surface area (Å²) in [7, 11) is 0. The van der Waals surface area contributed by atoms with Gasteiger partial charge in [0.2, 0.25) is 0 Å². The normalized spacial score (nSPS) is 10.9. The maximum Gasteiger partial charge on any atom is 0.180 e. The van der Waals surface area contributed by atoms with Crippen molar-refractivity contribution in [2.75, 3.05) is 17.2 Å². The average molecular weight is 916 g/mol. The molecule has 6 N–H and O–H groups in total. The van der Waals surface area contributed by atoms with Gasteiger partial charge in [0.15, 0.2) is 17.5 Å². The molecule has 0 fully saturated rings. The first-order valence-corrected chi connectivity index (χ1v) is 22.0. The van der Waals surface area contributed by atoms with Crippen molar-refractivity contribution in [1.29, 1.82) is 0 Å². The SMILES string of the molecule is Nc1nc(-c2ccccn2)nc2c(-c3ccccc3)csc12.Nc1nc(-c2ccccn2)nc2c(-c3ccccc3)csc12.Nc1nc(-c2ccccn2)nc2c(Br)csc12. The Morgan fingerprint density at radius 2 is 0.721 bits per heavy atom. The molecule has 0 amide bonds. The Bertz CT molecular complexity index is 3080. The summed E-state index contributed by atoms with van der Waals surface area (Å²) in [5, 5.41) is 6.11. The molecule has 0 spiro atoms. The molecule has 0 unspecified atom stereocenters. The topological polar surface area (TPSA) is 194 Å². The number of hydrogen-bond donors (Lipinski definition) is 3. The molecule has 16 heteroatoms. The second-order valence-corrected chi connectivity index (χ2v) is 16.6. The van der Waals surface area contributed by atoms with Crippen LogP contribution in [0.4, 0.5) is 17.5 Å². The molecule has 11 rings (SSSR count). The van der Waals surface area contributed by atoms with Crippen LogP contribution in [0.5, 0.6) is 0 Å². The number of aromatic nitrogens is 9. The van der Waals surface area contributed by atoms with E-state index in [-0.39, 0.29) is 0 Å². The van der Waals surface area contributed by atoms with Gasteiger partial charge in [-0.05, 0) is 63.5 Å². The van der Waals surface area contributed by atoms with Crippen LogP contribution in [-0.4, -0.2) is 44.9 Å². The molecule has 2 aromatic carbocycles. The van der Waals surface area contributed by atoms with Crippen LogP contribution in [0.1, 0.15) is 0 Å². The Morgan fingerprint density at radius 3 is 1.10 bits per heavy atom. The molecule has 0 aliphatic rings. The number of nitrogens with two attached hydrogens (primary N) is 3. The molecule has 0 aliphatic heterocycles. The summed E-state index contributed by atoms with van der Waals surface area (Å²) in [5.74, 6) is 3.15. The molecular formula is C45H31BrN12S3. The first kappa shape index (κ1) is 39.4. The molecule has 0 bridgehead atoms. The van der Waals surface area contributed by atoms with Crippen molar-refractivity contribution in [3.05, 3.63) is 154 Å². The second-order valence-electron chi connectivity index (χ2n) is 13.1. The number of hydrogen-bond acceptors (Lipinski definition) is 15. The fourth-order valence-electron chi connectivity index (χ4n) is 6.27. The number of rotatable bonds is 5. The largest absolute Gasteiger partial charge is 0.382 e. The highest BCUT2D eigenvalue weighted by atomic mass is 79.9. The highest BCUT2D eigenvalue weighted by Crippen LogP contribution is 2.38. The number of nitrogens with zero attached hydrogens (tertiary/aromatic N) is 9. The Kier molecular flexibility index (Phi) is 11.4. The van der Waals surface area contributed by atoms with Crippen LogP contribution in [-0.2, 0) is 0 Å². The van der Waals surface area contributed by atoms with Crippen molar-refractivity contribution in [3.8, 4) is 56.8 Å². The number of fused-ring (bicyclic) bond motifs is 3. The van der Waals surface area contributed by atoms with Gasteiger partial charge in [-0.1, -0.05) is 78.9 Å². The molecule has 0 aliphatic carbocycles. The van der Waals surface area contributed by atoms with E-state index in [0.717, 1.165) is 74.5 Å². The third-order valence-electron chi connectivity index (χ3n) is 9.13. The molecule has 61 heavy (non-hydrogen) atoms. The van der Waals surface area contributed by atoms with Crippen LogP contribution >= 0.6 is 49.9 Å². The highest BCUT2D eigenvalue weighted by molar-refractivity contribution is 9.10. The van der Waals surface area contributed by atoms with E-state index in [1.807, 2.05) is 96.4 Å².